The number of hydrogen-bond donors (Lipinski definition) is 1. The molecule has 1 aromatic heterocycles. The largest absolute Gasteiger partial charge is 0.466 e. The van der Waals surface area contributed by atoms with Crippen LogP contribution in [0.15, 0.2) is 23.6 Å². The lowest BCUT2D eigenvalue weighted by Gasteiger charge is -2.11. The van der Waals surface area contributed by atoms with Gasteiger partial charge in [0, 0.05) is 18.1 Å². The number of aliphatic hydroxyl groups is 1. The number of methoxy groups -OCH3 is 1. The minimum Gasteiger partial charge on any atom is -0.466 e. The van der Waals surface area contributed by atoms with Gasteiger partial charge in [-0.05, 0) is 24.6 Å². The van der Waals surface area contributed by atoms with Crippen LogP contribution in [-0.2, 0) is 4.74 Å². The summed E-state index contributed by atoms with van der Waals surface area (Å²) in [5.74, 6) is 0.616. The van der Waals surface area contributed by atoms with Gasteiger partial charge in [0.05, 0.1) is 21.0 Å². The van der Waals surface area contributed by atoms with Crippen molar-refractivity contribution in [3.8, 4) is 16.2 Å². The fourth-order valence-electron chi connectivity index (χ4n) is 1.75. The number of benzene rings is 1. The lowest BCUT2D eigenvalue weighted by molar-refractivity contribution is 0.0492. The second-order valence-corrected chi connectivity index (χ2v) is 5.90. The van der Waals surface area contributed by atoms with Gasteiger partial charge < -0.3 is 14.6 Å². The number of thiophene rings is 1. The number of rotatable bonds is 5. The number of halogens is 2. The van der Waals surface area contributed by atoms with Crippen molar-refractivity contribution >= 4 is 34.5 Å². The first-order valence-corrected chi connectivity index (χ1v) is 7.54. The Bertz CT molecular complexity index is 596. The molecule has 0 spiro atoms. The monoisotopic (exact) mass is 332 g/mol. The Morgan fingerprint density at radius 2 is 2.05 bits per heavy atom. The second-order valence-electron chi connectivity index (χ2n) is 4.21. The summed E-state index contributed by atoms with van der Waals surface area (Å²) in [5, 5.41) is 12.7. The van der Waals surface area contributed by atoms with Crippen LogP contribution in [0.4, 0.5) is 0 Å². The molecule has 1 N–H and O–H groups in total. The average molecular weight is 333 g/mol. The Morgan fingerprint density at radius 3 is 2.65 bits per heavy atom. The van der Waals surface area contributed by atoms with E-state index in [-0.39, 0.29) is 6.79 Å². The Hall–Kier alpha value is -0.780. The third-order valence-corrected chi connectivity index (χ3v) is 4.49. The summed E-state index contributed by atoms with van der Waals surface area (Å²) in [6.07, 6.45) is -0.616. The van der Waals surface area contributed by atoms with E-state index in [1.807, 2.05) is 11.4 Å². The van der Waals surface area contributed by atoms with Gasteiger partial charge in [-0.15, -0.1) is 11.3 Å². The summed E-state index contributed by atoms with van der Waals surface area (Å²) in [5.41, 5.74) is 1.62. The molecule has 20 heavy (non-hydrogen) atoms. The highest BCUT2D eigenvalue weighted by Gasteiger charge is 2.18. The van der Waals surface area contributed by atoms with Gasteiger partial charge in [0.15, 0.2) is 6.79 Å². The van der Waals surface area contributed by atoms with Gasteiger partial charge >= 0.3 is 0 Å². The van der Waals surface area contributed by atoms with E-state index in [4.69, 9.17) is 32.7 Å². The summed E-state index contributed by atoms with van der Waals surface area (Å²) in [6.45, 7) is 1.81. The van der Waals surface area contributed by atoms with Gasteiger partial charge in [-0.1, -0.05) is 29.3 Å². The zero-order chi connectivity index (χ0) is 14.7. The van der Waals surface area contributed by atoms with Crippen molar-refractivity contribution in [1.29, 1.82) is 0 Å². The quantitative estimate of drug-likeness (QED) is 0.802. The summed E-state index contributed by atoms with van der Waals surface area (Å²) in [7, 11) is 1.55. The van der Waals surface area contributed by atoms with Crippen molar-refractivity contribution < 1.29 is 14.6 Å². The molecule has 6 heteroatoms. The van der Waals surface area contributed by atoms with Crippen LogP contribution in [0.1, 0.15) is 18.6 Å². The van der Waals surface area contributed by atoms with Crippen molar-refractivity contribution in [1.82, 2.24) is 0 Å². The molecule has 1 heterocycles. The Kier molecular flexibility index (Phi) is 5.29. The van der Waals surface area contributed by atoms with Gasteiger partial charge in [-0.25, -0.2) is 0 Å². The number of hydrogen-bond acceptors (Lipinski definition) is 4. The third-order valence-electron chi connectivity index (χ3n) is 2.73. The van der Waals surface area contributed by atoms with Crippen LogP contribution in [-0.4, -0.2) is 19.0 Å². The molecule has 0 aliphatic carbocycles. The number of ether oxygens (including phenoxy) is 2. The van der Waals surface area contributed by atoms with Gasteiger partial charge in [-0.3, -0.25) is 0 Å². The molecule has 0 amide bonds. The van der Waals surface area contributed by atoms with Crippen molar-refractivity contribution in [2.45, 2.75) is 13.0 Å². The molecule has 0 bridgehead atoms. The van der Waals surface area contributed by atoms with Crippen LogP contribution >= 0.6 is 34.5 Å². The summed E-state index contributed by atoms with van der Waals surface area (Å²) < 4.78 is 10.5. The predicted octanol–water partition coefficient (Wildman–Crippen LogP) is 4.76. The molecule has 108 valence electrons. The van der Waals surface area contributed by atoms with E-state index in [2.05, 4.69) is 0 Å². The molecule has 1 aromatic carbocycles. The lowest BCUT2D eigenvalue weighted by Crippen LogP contribution is -2.02. The fraction of sp³-hybridized carbons (Fsp3) is 0.286. The molecular formula is C14H14Cl2O3S. The first-order chi connectivity index (χ1) is 9.54. The lowest BCUT2D eigenvalue weighted by atomic mass is 10.1. The molecule has 0 radical (unpaired) electrons. The minimum absolute atomic E-state index is 0.116. The molecule has 1 atom stereocenters. The van der Waals surface area contributed by atoms with Gasteiger partial charge in [0.25, 0.3) is 0 Å². The normalized spacial score (nSPS) is 12.4. The smallest absolute Gasteiger partial charge is 0.188 e. The van der Waals surface area contributed by atoms with Gasteiger partial charge in [0.1, 0.15) is 5.75 Å². The van der Waals surface area contributed by atoms with Gasteiger partial charge in [-0.2, -0.15) is 0 Å². The van der Waals surface area contributed by atoms with E-state index in [1.54, 1.807) is 26.2 Å². The van der Waals surface area contributed by atoms with Crippen molar-refractivity contribution in [2.75, 3.05) is 13.9 Å². The molecule has 2 aromatic rings. The molecule has 2 rings (SSSR count). The van der Waals surface area contributed by atoms with Crippen LogP contribution in [0.2, 0.25) is 10.0 Å². The molecule has 1 unspecified atom stereocenters. The van der Waals surface area contributed by atoms with Crippen LogP contribution in [0, 0.1) is 0 Å². The molecule has 0 aliphatic heterocycles. The molecule has 0 saturated carbocycles. The first kappa shape index (κ1) is 15.6. The van der Waals surface area contributed by atoms with Crippen LogP contribution in [0.5, 0.6) is 5.75 Å². The summed E-state index contributed by atoms with van der Waals surface area (Å²) in [4.78, 5) is 0.886. The summed E-state index contributed by atoms with van der Waals surface area (Å²) in [6, 6.07) is 5.38. The average Bonchev–Trinajstić information content (AvgIpc) is 2.83. The Morgan fingerprint density at radius 1 is 1.30 bits per heavy atom. The second kappa shape index (κ2) is 6.78. The van der Waals surface area contributed by atoms with E-state index < -0.39 is 6.10 Å². The SMILES string of the molecule is COCOc1c(C(C)O)csc1-c1ccc(Cl)c(Cl)c1. The first-order valence-electron chi connectivity index (χ1n) is 5.91. The molecule has 0 saturated heterocycles. The van der Waals surface area contributed by atoms with Gasteiger partial charge in [0.2, 0.25) is 0 Å². The predicted molar refractivity (Wildman–Crippen MR) is 82.9 cm³/mol. The van der Waals surface area contributed by atoms with E-state index in [0.29, 0.717) is 15.8 Å². The van der Waals surface area contributed by atoms with E-state index in [0.717, 1.165) is 16.0 Å². The van der Waals surface area contributed by atoms with Crippen molar-refractivity contribution in [3.63, 3.8) is 0 Å². The highest BCUT2D eigenvalue weighted by molar-refractivity contribution is 7.14. The maximum atomic E-state index is 9.80. The maximum absolute atomic E-state index is 9.80. The Balaban J connectivity index is 2.46. The Labute approximate surface area is 131 Å². The topological polar surface area (TPSA) is 38.7 Å². The molecule has 3 nitrogen and oxygen atoms in total. The van der Waals surface area contributed by atoms with Crippen molar-refractivity contribution in [3.05, 3.63) is 39.2 Å². The fourth-order valence-corrected chi connectivity index (χ4v) is 3.15. The maximum Gasteiger partial charge on any atom is 0.188 e. The van der Waals surface area contributed by atoms with Crippen LogP contribution in [0.3, 0.4) is 0 Å². The van der Waals surface area contributed by atoms with Crippen molar-refractivity contribution in [2.24, 2.45) is 0 Å². The van der Waals surface area contributed by atoms with E-state index in [9.17, 15) is 5.11 Å². The zero-order valence-electron chi connectivity index (χ0n) is 11.0. The summed E-state index contributed by atoms with van der Waals surface area (Å²) >= 11 is 13.5. The minimum atomic E-state index is -0.616. The highest BCUT2D eigenvalue weighted by atomic mass is 35.5. The molecule has 0 fully saturated rings. The standard InChI is InChI=1S/C14H14Cl2O3S/c1-8(17)10-6-20-14(13(10)19-7-18-2)9-3-4-11(15)12(16)5-9/h3-6,8,17H,7H2,1-2H3. The third kappa shape index (κ3) is 3.27. The molecule has 0 aliphatic rings. The van der Waals surface area contributed by atoms with Crippen LogP contribution in [0.25, 0.3) is 10.4 Å². The number of aliphatic hydroxyl groups excluding tert-OH is 1. The highest BCUT2D eigenvalue weighted by Crippen LogP contribution is 2.43. The van der Waals surface area contributed by atoms with E-state index in [1.165, 1.54) is 11.3 Å². The molecular weight excluding hydrogens is 319 g/mol. The zero-order valence-corrected chi connectivity index (χ0v) is 13.4. The van der Waals surface area contributed by atoms with E-state index >= 15 is 0 Å². The van der Waals surface area contributed by atoms with Crippen LogP contribution < -0.4 is 4.74 Å².